The monoisotopic (exact) mass is 401 g/mol. The normalized spacial score (nSPS) is 11.3. The lowest BCUT2D eigenvalue weighted by atomic mass is 10.1. The molecule has 2 rings (SSSR count). The van der Waals surface area contributed by atoms with Crippen LogP contribution in [0.25, 0.3) is 0 Å². The van der Waals surface area contributed by atoms with Gasteiger partial charge in [0, 0.05) is 11.4 Å². The Kier molecular flexibility index (Phi) is 6.46. The number of carbonyl (C=O) groups excluding carboxylic acids is 3. The van der Waals surface area contributed by atoms with Crippen LogP contribution >= 0.6 is 0 Å². The molecule has 8 heteroatoms. The lowest BCUT2D eigenvalue weighted by Crippen LogP contribution is -2.26. The van der Waals surface area contributed by atoms with Crippen molar-refractivity contribution >= 4 is 23.5 Å². The Morgan fingerprint density at radius 3 is 1.86 bits per heavy atom. The Morgan fingerprint density at radius 2 is 1.48 bits per heavy atom. The molecule has 0 fully saturated rings. The minimum Gasteiger partial charge on any atom is -0.465 e. The van der Waals surface area contributed by atoms with Gasteiger partial charge in [-0.15, -0.1) is 0 Å². The molecule has 0 saturated heterocycles. The number of nitrogens with zero attached hydrogens (tertiary/aromatic N) is 2. The summed E-state index contributed by atoms with van der Waals surface area (Å²) in [5, 5.41) is 7.17. The zero-order valence-electron chi connectivity index (χ0n) is 17.8. The van der Waals surface area contributed by atoms with E-state index in [9.17, 15) is 14.4 Å². The van der Waals surface area contributed by atoms with Crippen LogP contribution in [0.2, 0.25) is 0 Å². The summed E-state index contributed by atoms with van der Waals surface area (Å²) in [5.41, 5.74) is 1.38. The van der Waals surface area contributed by atoms with E-state index in [0.717, 1.165) is 5.69 Å². The fourth-order valence-electron chi connectivity index (χ4n) is 2.82. The van der Waals surface area contributed by atoms with Gasteiger partial charge in [0.1, 0.15) is 0 Å². The summed E-state index contributed by atoms with van der Waals surface area (Å²) >= 11 is 0. The molecule has 0 spiro atoms. The van der Waals surface area contributed by atoms with Crippen LogP contribution in [0.15, 0.2) is 24.3 Å². The van der Waals surface area contributed by atoms with Crippen molar-refractivity contribution in [3.05, 3.63) is 46.8 Å². The number of hydrogen-bond donors (Lipinski definition) is 1. The van der Waals surface area contributed by atoms with Crippen LogP contribution in [0.1, 0.15) is 77.4 Å². The van der Waals surface area contributed by atoms with Crippen LogP contribution in [0.5, 0.6) is 0 Å². The Hall–Kier alpha value is -3.16. The van der Waals surface area contributed by atoms with Crippen molar-refractivity contribution in [2.24, 2.45) is 0 Å². The quantitative estimate of drug-likeness (QED) is 0.769. The molecule has 1 amide bonds. The number of nitrogens with one attached hydrogen (secondary N) is 1. The minimum atomic E-state index is -0.634. The third-order valence-electron chi connectivity index (χ3n) is 4.23. The van der Waals surface area contributed by atoms with Gasteiger partial charge in [-0.05, 0) is 51.0 Å². The minimum absolute atomic E-state index is 0.119. The molecule has 1 aromatic carbocycles. The van der Waals surface area contributed by atoms with E-state index in [1.165, 1.54) is 32.4 Å². The molecule has 0 atom stereocenters. The summed E-state index contributed by atoms with van der Waals surface area (Å²) < 4.78 is 11.3. The van der Waals surface area contributed by atoms with Crippen LogP contribution in [0.3, 0.4) is 0 Å². The Labute approximate surface area is 170 Å². The van der Waals surface area contributed by atoms with Gasteiger partial charge in [0.15, 0.2) is 5.69 Å². The number of methoxy groups -OCH3 is 2. The highest BCUT2D eigenvalue weighted by Gasteiger charge is 2.24. The SMILES string of the molecule is COC(=O)c1cc(NC(=O)c2cc(C(C)C)n(C(C)(C)C)n2)cc(C(=O)OC)c1. The lowest BCUT2D eigenvalue weighted by molar-refractivity contribution is 0.0599. The first-order valence-electron chi connectivity index (χ1n) is 9.21. The third kappa shape index (κ3) is 5.01. The Bertz CT molecular complexity index is 904. The van der Waals surface area contributed by atoms with Gasteiger partial charge >= 0.3 is 11.9 Å². The first kappa shape index (κ1) is 22.1. The van der Waals surface area contributed by atoms with Crippen molar-refractivity contribution in [1.82, 2.24) is 9.78 Å². The van der Waals surface area contributed by atoms with Gasteiger partial charge in [-0.25, -0.2) is 9.59 Å². The van der Waals surface area contributed by atoms with Crippen molar-refractivity contribution < 1.29 is 23.9 Å². The second-order valence-corrected chi connectivity index (χ2v) is 7.93. The highest BCUT2D eigenvalue weighted by molar-refractivity contribution is 6.05. The molecule has 0 unspecified atom stereocenters. The average Bonchev–Trinajstić information content (AvgIpc) is 3.13. The van der Waals surface area contributed by atoms with Crippen molar-refractivity contribution in [3.8, 4) is 0 Å². The standard InChI is InChI=1S/C21H27N3O5/c1-12(2)17-11-16(23-24(17)21(3,4)5)18(25)22-15-9-13(19(26)28-6)8-14(10-15)20(27)29-7/h8-12H,1-7H3,(H,22,25). The summed E-state index contributed by atoms with van der Waals surface area (Å²) in [5.74, 6) is -1.54. The fraction of sp³-hybridized carbons (Fsp3) is 0.429. The number of aromatic nitrogens is 2. The second kappa shape index (κ2) is 8.46. The van der Waals surface area contributed by atoms with Crippen LogP contribution in [-0.4, -0.2) is 41.8 Å². The Balaban J connectivity index is 2.42. The maximum absolute atomic E-state index is 12.8. The maximum Gasteiger partial charge on any atom is 0.337 e. The fourth-order valence-corrected chi connectivity index (χ4v) is 2.82. The van der Waals surface area contributed by atoms with Crippen LogP contribution < -0.4 is 5.32 Å². The van der Waals surface area contributed by atoms with E-state index >= 15 is 0 Å². The Morgan fingerprint density at radius 1 is 0.966 bits per heavy atom. The predicted molar refractivity (Wildman–Crippen MR) is 108 cm³/mol. The first-order chi connectivity index (χ1) is 13.5. The average molecular weight is 401 g/mol. The molecule has 0 aliphatic rings. The molecule has 0 radical (unpaired) electrons. The van der Waals surface area contributed by atoms with E-state index < -0.39 is 17.8 Å². The molecule has 0 saturated carbocycles. The van der Waals surface area contributed by atoms with E-state index in [1.807, 2.05) is 39.3 Å². The molecule has 2 aromatic rings. The van der Waals surface area contributed by atoms with Crippen LogP contribution in [0, 0.1) is 0 Å². The first-order valence-corrected chi connectivity index (χ1v) is 9.21. The van der Waals surface area contributed by atoms with E-state index in [1.54, 1.807) is 6.07 Å². The molecule has 1 aromatic heterocycles. The summed E-state index contributed by atoms with van der Waals surface area (Å²) in [6.07, 6.45) is 0. The molecule has 1 N–H and O–H groups in total. The molecule has 156 valence electrons. The van der Waals surface area contributed by atoms with Crippen molar-refractivity contribution in [1.29, 1.82) is 0 Å². The molecule has 0 aliphatic carbocycles. The number of carbonyl (C=O) groups is 3. The summed E-state index contributed by atoms with van der Waals surface area (Å²) in [4.78, 5) is 36.6. The number of anilines is 1. The van der Waals surface area contributed by atoms with Crippen LogP contribution in [-0.2, 0) is 15.0 Å². The van der Waals surface area contributed by atoms with Crippen molar-refractivity contribution in [2.75, 3.05) is 19.5 Å². The highest BCUT2D eigenvalue weighted by Crippen LogP contribution is 2.24. The number of rotatable bonds is 5. The molecule has 8 nitrogen and oxygen atoms in total. The topological polar surface area (TPSA) is 99.5 Å². The zero-order valence-corrected chi connectivity index (χ0v) is 17.8. The number of esters is 2. The van der Waals surface area contributed by atoms with E-state index in [-0.39, 0.29) is 34.0 Å². The predicted octanol–water partition coefficient (Wildman–Crippen LogP) is 3.59. The van der Waals surface area contributed by atoms with Crippen molar-refractivity contribution in [2.45, 2.75) is 46.1 Å². The van der Waals surface area contributed by atoms with Gasteiger partial charge in [-0.3, -0.25) is 9.48 Å². The summed E-state index contributed by atoms with van der Waals surface area (Å²) in [6, 6.07) is 5.95. The summed E-state index contributed by atoms with van der Waals surface area (Å²) in [7, 11) is 2.47. The van der Waals surface area contributed by atoms with Crippen LogP contribution in [0.4, 0.5) is 5.69 Å². The summed E-state index contributed by atoms with van der Waals surface area (Å²) in [6.45, 7) is 10.1. The van der Waals surface area contributed by atoms with Gasteiger partial charge in [0.2, 0.25) is 0 Å². The van der Waals surface area contributed by atoms with E-state index in [2.05, 4.69) is 10.4 Å². The van der Waals surface area contributed by atoms with Gasteiger partial charge in [-0.1, -0.05) is 13.8 Å². The van der Waals surface area contributed by atoms with Gasteiger partial charge in [0.25, 0.3) is 5.91 Å². The van der Waals surface area contributed by atoms with E-state index in [0.29, 0.717) is 0 Å². The lowest BCUT2D eigenvalue weighted by Gasteiger charge is -2.23. The second-order valence-electron chi connectivity index (χ2n) is 7.93. The van der Waals surface area contributed by atoms with Crippen molar-refractivity contribution in [3.63, 3.8) is 0 Å². The third-order valence-corrected chi connectivity index (χ3v) is 4.23. The van der Waals surface area contributed by atoms with Gasteiger partial charge < -0.3 is 14.8 Å². The number of hydrogen-bond acceptors (Lipinski definition) is 6. The molecular formula is C21H27N3O5. The molecule has 0 aliphatic heterocycles. The molecule has 0 bridgehead atoms. The van der Waals surface area contributed by atoms with Gasteiger partial charge in [-0.2, -0.15) is 5.10 Å². The molecule has 29 heavy (non-hydrogen) atoms. The smallest absolute Gasteiger partial charge is 0.337 e. The maximum atomic E-state index is 12.8. The largest absolute Gasteiger partial charge is 0.465 e. The number of benzene rings is 1. The van der Waals surface area contributed by atoms with E-state index in [4.69, 9.17) is 9.47 Å². The van der Waals surface area contributed by atoms with Gasteiger partial charge in [0.05, 0.1) is 30.9 Å². The zero-order chi connectivity index (χ0) is 21.9. The molecule has 1 heterocycles. The highest BCUT2D eigenvalue weighted by atomic mass is 16.5. The number of amides is 1. The number of ether oxygens (including phenoxy) is 2. The molecular weight excluding hydrogens is 374 g/mol.